The van der Waals surface area contributed by atoms with Crippen LogP contribution in [0.4, 0.5) is 11.5 Å². The Morgan fingerprint density at radius 2 is 1.71 bits per heavy atom. The van der Waals surface area contributed by atoms with Gasteiger partial charge in [-0.3, -0.25) is 9.78 Å². The summed E-state index contributed by atoms with van der Waals surface area (Å²) in [7, 11) is 0. The third kappa shape index (κ3) is 5.24. The second kappa shape index (κ2) is 10.1. The van der Waals surface area contributed by atoms with Crippen LogP contribution in [-0.2, 0) is 6.54 Å². The van der Waals surface area contributed by atoms with E-state index in [0.29, 0.717) is 45.0 Å². The third-order valence-electron chi connectivity index (χ3n) is 5.34. The van der Waals surface area contributed by atoms with E-state index in [9.17, 15) is 4.79 Å². The summed E-state index contributed by atoms with van der Waals surface area (Å²) in [5.74, 6) is 0.821. The minimum Gasteiger partial charge on any atom is -0.348 e. The Morgan fingerprint density at radius 3 is 2.54 bits per heavy atom. The Kier molecular flexibility index (Phi) is 6.57. The standard InChI is InChI=1S/C27H19Cl2N5O/c28-19-7-3-5-17(13-19)15-31-27(35)21-8-1-2-9-23(21)33-26-22-14-20(29)10-11-24(22)32-25(34-26)18-6-4-12-30-16-18/h1-14,16H,15H2,(H,31,35)(H,32,33,34). The molecule has 35 heavy (non-hydrogen) atoms. The van der Waals surface area contributed by atoms with E-state index < -0.39 is 0 Å². The van der Waals surface area contributed by atoms with Gasteiger partial charge >= 0.3 is 0 Å². The third-order valence-corrected chi connectivity index (χ3v) is 5.81. The van der Waals surface area contributed by atoms with Crippen molar-refractivity contribution in [1.82, 2.24) is 20.3 Å². The van der Waals surface area contributed by atoms with Crippen molar-refractivity contribution in [3.05, 3.63) is 112 Å². The van der Waals surface area contributed by atoms with Gasteiger partial charge in [0.2, 0.25) is 0 Å². The van der Waals surface area contributed by atoms with Crippen molar-refractivity contribution in [2.45, 2.75) is 6.54 Å². The minimum absolute atomic E-state index is 0.225. The number of benzene rings is 3. The van der Waals surface area contributed by atoms with E-state index in [4.69, 9.17) is 28.2 Å². The van der Waals surface area contributed by atoms with Gasteiger partial charge in [-0.25, -0.2) is 9.97 Å². The SMILES string of the molecule is O=C(NCc1cccc(Cl)c1)c1ccccc1Nc1nc(-c2cccnc2)nc2ccc(Cl)cc12. The number of pyridine rings is 1. The number of para-hydroxylation sites is 1. The molecule has 0 aliphatic rings. The largest absolute Gasteiger partial charge is 0.348 e. The number of rotatable bonds is 6. The van der Waals surface area contributed by atoms with Crippen molar-refractivity contribution in [1.29, 1.82) is 0 Å². The summed E-state index contributed by atoms with van der Waals surface area (Å²) >= 11 is 12.3. The topological polar surface area (TPSA) is 79.8 Å². The van der Waals surface area contributed by atoms with Gasteiger partial charge in [0, 0.05) is 39.9 Å². The zero-order chi connectivity index (χ0) is 24.2. The Labute approximate surface area is 212 Å². The average Bonchev–Trinajstić information content (AvgIpc) is 2.88. The first-order chi connectivity index (χ1) is 17.1. The zero-order valence-electron chi connectivity index (χ0n) is 18.4. The van der Waals surface area contributed by atoms with Gasteiger partial charge < -0.3 is 10.6 Å². The predicted molar refractivity (Wildman–Crippen MR) is 140 cm³/mol. The minimum atomic E-state index is -0.225. The van der Waals surface area contributed by atoms with Crippen molar-refractivity contribution in [2.75, 3.05) is 5.32 Å². The van der Waals surface area contributed by atoms with Crippen LogP contribution in [0, 0.1) is 0 Å². The first-order valence-corrected chi connectivity index (χ1v) is 11.6. The molecule has 0 fully saturated rings. The van der Waals surface area contributed by atoms with Crippen LogP contribution in [-0.4, -0.2) is 20.9 Å². The summed E-state index contributed by atoms with van der Waals surface area (Å²) in [6.45, 7) is 0.352. The Hall–Kier alpha value is -4.00. The molecule has 5 rings (SSSR count). The number of hydrogen-bond donors (Lipinski definition) is 2. The van der Waals surface area contributed by atoms with Crippen LogP contribution >= 0.6 is 23.2 Å². The number of halogens is 2. The Balaban J connectivity index is 1.49. The van der Waals surface area contributed by atoms with Gasteiger partial charge in [0.25, 0.3) is 5.91 Å². The molecule has 0 spiro atoms. The second-order valence-electron chi connectivity index (χ2n) is 7.78. The molecule has 0 saturated carbocycles. The molecule has 6 nitrogen and oxygen atoms in total. The Bertz CT molecular complexity index is 1530. The molecular weight excluding hydrogens is 481 g/mol. The van der Waals surface area contributed by atoms with Crippen LogP contribution in [0.5, 0.6) is 0 Å². The summed E-state index contributed by atoms with van der Waals surface area (Å²) in [4.78, 5) is 26.7. The van der Waals surface area contributed by atoms with E-state index in [1.54, 1.807) is 36.7 Å². The quantitative estimate of drug-likeness (QED) is 0.272. The number of hydrogen-bond acceptors (Lipinski definition) is 5. The highest BCUT2D eigenvalue weighted by molar-refractivity contribution is 6.31. The van der Waals surface area contributed by atoms with Crippen LogP contribution in [0.2, 0.25) is 10.0 Å². The fraction of sp³-hybridized carbons (Fsp3) is 0.0370. The van der Waals surface area contributed by atoms with Crippen LogP contribution in [0.15, 0.2) is 91.3 Å². The number of carbonyl (C=O) groups is 1. The molecule has 0 aliphatic carbocycles. The maximum absolute atomic E-state index is 13.1. The highest BCUT2D eigenvalue weighted by Gasteiger charge is 2.15. The van der Waals surface area contributed by atoms with Crippen LogP contribution in [0.25, 0.3) is 22.3 Å². The number of aromatic nitrogens is 3. The lowest BCUT2D eigenvalue weighted by Crippen LogP contribution is -2.23. The lowest BCUT2D eigenvalue weighted by Gasteiger charge is -2.14. The normalized spacial score (nSPS) is 10.8. The monoisotopic (exact) mass is 499 g/mol. The molecule has 0 bridgehead atoms. The van der Waals surface area contributed by atoms with Gasteiger partial charge in [-0.2, -0.15) is 0 Å². The molecule has 2 heterocycles. The molecule has 0 radical (unpaired) electrons. The lowest BCUT2D eigenvalue weighted by molar-refractivity contribution is 0.0951. The highest BCUT2D eigenvalue weighted by Crippen LogP contribution is 2.30. The van der Waals surface area contributed by atoms with E-state index >= 15 is 0 Å². The Morgan fingerprint density at radius 1 is 0.857 bits per heavy atom. The van der Waals surface area contributed by atoms with E-state index in [0.717, 1.165) is 16.5 Å². The van der Waals surface area contributed by atoms with Crippen molar-refractivity contribution in [3.63, 3.8) is 0 Å². The summed E-state index contributed by atoms with van der Waals surface area (Å²) in [6.07, 6.45) is 3.40. The number of nitrogens with one attached hydrogen (secondary N) is 2. The molecular formula is C27H19Cl2N5O. The summed E-state index contributed by atoms with van der Waals surface area (Å²) in [5, 5.41) is 8.20. The van der Waals surface area contributed by atoms with Crippen LogP contribution in [0.1, 0.15) is 15.9 Å². The van der Waals surface area contributed by atoms with E-state index in [1.807, 2.05) is 54.6 Å². The highest BCUT2D eigenvalue weighted by atomic mass is 35.5. The van der Waals surface area contributed by atoms with Crippen LogP contribution in [0.3, 0.4) is 0 Å². The molecule has 0 saturated heterocycles. The second-order valence-corrected chi connectivity index (χ2v) is 8.66. The number of anilines is 2. The van der Waals surface area contributed by atoms with Crippen molar-refractivity contribution in [3.8, 4) is 11.4 Å². The zero-order valence-corrected chi connectivity index (χ0v) is 19.9. The van der Waals surface area contributed by atoms with Crippen LogP contribution < -0.4 is 10.6 Å². The molecule has 0 atom stereocenters. The number of amides is 1. The molecule has 172 valence electrons. The lowest BCUT2D eigenvalue weighted by atomic mass is 10.1. The van der Waals surface area contributed by atoms with Gasteiger partial charge in [-0.05, 0) is 60.2 Å². The van der Waals surface area contributed by atoms with Crippen molar-refractivity contribution < 1.29 is 4.79 Å². The molecule has 2 aromatic heterocycles. The molecule has 3 aromatic carbocycles. The maximum atomic E-state index is 13.1. The van der Waals surface area contributed by atoms with Gasteiger partial charge in [-0.15, -0.1) is 0 Å². The molecule has 8 heteroatoms. The maximum Gasteiger partial charge on any atom is 0.253 e. The average molecular weight is 500 g/mol. The van der Waals surface area contributed by atoms with E-state index in [1.165, 1.54) is 0 Å². The van der Waals surface area contributed by atoms with Gasteiger partial charge in [-0.1, -0.05) is 47.5 Å². The number of nitrogens with zero attached hydrogens (tertiary/aromatic N) is 3. The van der Waals surface area contributed by atoms with Crippen molar-refractivity contribution in [2.24, 2.45) is 0 Å². The summed E-state index contributed by atoms with van der Waals surface area (Å²) in [5.41, 5.74) is 3.49. The first kappa shape index (κ1) is 22.8. The fourth-order valence-corrected chi connectivity index (χ4v) is 4.05. The van der Waals surface area contributed by atoms with Crippen molar-refractivity contribution >= 4 is 51.5 Å². The fourth-order valence-electron chi connectivity index (χ4n) is 3.66. The van der Waals surface area contributed by atoms with Gasteiger partial charge in [0.1, 0.15) is 5.82 Å². The smallest absolute Gasteiger partial charge is 0.253 e. The van der Waals surface area contributed by atoms with E-state index in [-0.39, 0.29) is 5.91 Å². The van der Waals surface area contributed by atoms with E-state index in [2.05, 4.69) is 20.6 Å². The molecule has 0 unspecified atom stereocenters. The number of carbonyl (C=O) groups excluding carboxylic acids is 1. The molecule has 1 amide bonds. The van der Waals surface area contributed by atoms with Gasteiger partial charge in [0.05, 0.1) is 16.8 Å². The molecule has 0 aliphatic heterocycles. The predicted octanol–water partition coefficient (Wildman–Crippen LogP) is 6.67. The molecule has 5 aromatic rings. The first-order valence-electron chi connectivity index (χ1n) is 10.8. The summed E-state index contributed by atoms with van der Waals surface area (Å²) < 4.78 is 0. The van der Waals surface area contributed by atoms with Gasteiger partial charge in [0.15, 0.2) is 5.82 Å². The summed E-state index contributed by atoms with van der Waals surface area (Å²) in [6, 6.07) is 23.8. The molecule has 2 N–H and O–H groups in total. The number of fused-ring (bicyclic) bond motifs is 1.